The molecule has 9 rings (SSSR count). The van der Waals surface area contributed by atoms with Crippen LogP contribution in [-0.4, -0.2) is 176 Å². The highest BCUT2D eigenvalue weighted by molar-refractivity contribution is 5.85. The van der Waals surface area contributed by atoms with E-state index >= 15 is 0 Å². The average Bonchev–Trinajstić information content (AvgIpc) is 3.80. The van der Waals surface area contributed by atoms with Crippen molar-refractivity contribution in [3.63, 3.8) is 0 Å². The van der Waals surface area contributed by atoms with E-state index in [2.05, 4.69) is 6.92 Å². The van der Waals surface area contributed by atoms with Crippen LogP contribution in [0.4, 0.5) is 0 Å². The molecule has 65 heavy (non-hydrogen) atoms. The van der Waals surface area contributed by atoms with E-state index in [1.165, 1.54) is 6.92 Å². The second-order valence-electron chi connectivity index (χ2n) is 21.6. The summed E-state index contributed by atoms with van der Waals surface area (Å²) in [6.07, 6.45) is -9.20. The van der Waals surface area contributed by atoms with E-state index < -0.39 is 122 Å². The minimum absolute atomic E-state index is 0.0297. The molecule has 0 radical (unpaired) electrons. The van der Waals surface area contributed by atoms with Crippen molar-refractivity contribution >= 4 is 5.97 Å². The number of ether oxygens (including phenoxy) is 9. The van der Waals surface area contributed by atoms with E-state index in [0.29, 0.717) is 18.8 Å². The number of aliphatic hydroxyl groups excluding tert-OH is 7. The Morgan fingerprint density at radius 1 is 0.600 bits per heavy atom. The third kappa shape index (κ3) is 8.58. The van der Waals surface area contributed by atoms with Crippen molar-refractivity contribution in [2.45, 2.75) is 234 Å². The zero-order chi connectivity index (χ0) is 46.5. The Morgan fingerprint density at radius 2 is 1.17 bits per heavy atom. The van der Waals surface area contributed by atoms with Crippen molar-refractivity contribution in [1.29, 1.82) is 0 Å². The molecular formula is C47H74O18. The van der Waals surface area contributed by atoms with Gasteiger partial charge in [-0.2, -0.15) is 0 Å². The second-order valence-corrected chi connectivity index (χ2v) is 21.6. The van der Waals surface area contributed by atoms with Crippen LogP contribution in [0.3, 0.4) is 0 Å². The van der Waals surface area contributed by atoms with Gasteiger partial charge in [0, 0.05) is 30.8 Å². The quantitative estimate of drug-likeness (QED) is 0.119. The molecule has 0 spiro atoms. The van der Waals surface area contributed by atoms with Gasteiger partial charge in [0.15, 0.2) is 25.2 Å². The molecule has 370 valence electrons. The Hall–Kier alpha value is -1.43. The Balaban J connectivity index is 0.739. The highest BCUT2D eigenvalue weighted by Gasteiger charge is 2.71. The maximum Gasteiger partial charge on any atom is 0.331 e. The number of aliphatic hydroxyl groups is 8. The van der Waals surface area contributed by atoms with Crippen molar-refractivity contribution < 1.29 is 88.3 Å². The minimum atomic E-state index is -1.54. The molecule has 8 fully saturated rings. The van der Waals surface area contributed by atoms with Gasteiger partial charge in [-0.15, -0.1) is 0 Å². The summed E-state index contributed by atoms with van der Waals surface area (Å²) in [6, 6.07) is 0. The molecule has 4 saturated heterocycles. The van der Waals surface area contributed by atoms with Crippen LogP contribution >= 0.6 is 0 Å². The molecule has 8 N–H and O–H groups in total. The van der Waals surface area contributed by atoms with Crippen LogP contribution in [0, 0.1) is 34.5 Å². The van der Waals surface area contributed by atoms with Gasteiger partial charge in [0.25, 0.3) is 0 Å². The Bertz CT molecular complexity index is 1700. The third-order valence-electron chi connectivity index (χ3n) is 18.0. The number of cyclic esters (lactones) is 1. The Labute approximate surface area is 380 Å². The molecule has 5 heterocycles. The van der Waals surface area contributed by atoms with E-state index in [1.54, 1.807) is 19.9 Å². The lowest BCUT2D eigenvalue weighted by atomic mass is 9.42. The lowest BCUT2D eigenvalue weighted by molar-refractivity contribution is -0.353. The predicted molar refractivity (Wildman–Crippen MR) is 224 cm³/mol. The van der Waals surface area contributed by atoms with Gasteiger partial charge in [-0.05, 0) is 114 Å². The summed E-state index contributed by atoms with van der Waals surface area (Å²) in [5, 5.41) is 88.8. The maximum atomic E-state index is 12.6. The van der Waals surface area contributed by atoms with Gasteiger partial charge >= 0.3 is 5.97 Å². The maximum absolute atomic E-state index is 12.6. The smallest absolute Gasteiger partial charge is 0.331 e. The fourth-order valence-electron chi connectivity index (χ4n) is 14.2. The van der Waals surface area contributed by atoms with E-state index in [4.69, 9.17) is 42.6 Å². The second kappa shape index (κ2) is 18.4. The molecule has 26 atom stereocenters. The van der Waals surface area contributed by atoms with Crippen LogP contribution in [0.1, 0.15) is 112 Å². The summed E-state index contributed by atoms with van der Waals surface area (Å²) in [5.41, 5.74) is -0.967. The van der Waals surface area contributed by atoms with E-state index in [1.807, 2.05) is 13.8 Å². The molecular weight excluding hydrogens is 852 g/mol. The summed E-state index contributed by atoms with van der Waals surface area (Å²) in [6.45, 7) is 11.4. The van der Waals surface area contributed by atoms with Crippen molar-refractivity contribution in [1.82, 2.24) is 0 Å². The number of carbonyl (C=O) groups is 1. The largest absolute Gasteiger partial charge is 0.458 e. The van der Waals surface area contributed by atoms with E-state index in [0.717, 1.165) is 44.1 Å². The van der Waals surface area contributed by atoms with Crippen LogP contribution in [0.2, 0.25) is 0 Å². The highest BCUT2D eigenvalue weighted by Crippen LogP contribution is 2.70. The average molecular weight is 927 g/mol. The van der Waals surface area contributed by atoms with E-state index in [-0.39, 0.29) is 61.1 Å². The number of hydrogen-bond donors (Lipinski definition) is 8. The number of rotatable bonds is 9. The van der Waals surface area contributed by atoms with Crippen LogP contribution < -0.4 is 0 Å². The topological polar surface area (TPSA) is 262 Å². The fraction of sp³-hybridized carbons (Fsp3) is 0.936. The summed E-state index contributed by atoms with van der Waals surface area (Å²) in [4.78, 5) is 12.0. The molecule has 4 saturated carbocycles. The Kier molecular flexibility index (Phi) is 13.7. The zero-order valence-electron chi connectivity index (χ0n) is 38.5. The molecule has 0 amide bonds. The summed E-state index contributed by atoms with van der Waals surface area (Å²) in [7, 11) is 0. The lowest BCUT2D eigenvalue weighted by Gasteiger charge is -2.65. The van der Waals surface area contributed by atoms with Crippen LogP contribution in [0.25, 0.3) is 0 Å². The van der Waals surface area contributed by atoms with E-state index in [9.17, 15) is 45.6 Å². The first-order valence-electron chi connectivity index (χ1n) is 24.3. The zero-order valence-corrected chi connectivity index (χ0v) is 38.5. The molecule has 0 aromatic heterocycles. The molecule has 5 aliphatic heterocycles. The van der Waals surface area contributed by atoms with Gasteiger partial charge in [-0.25, -0.2) is 4.79 Å². The first-order valence-corrected chi connectivity index (χ1v) is 24.3. The summed E-state index contributed by atoms with van der Waals surface area (Å²) in [5.74, 6) is 0.109. The number of fused-ring (bicyclic) bond motifs is 5. The molecule has 18 nitrogen and oxygen atoms in total. The van der Waals surface area contributed by atoms with Crippen LogP contribution in [0.15, 0.2) is 11.6 Å². The third-order valence-corrected chi connectivity index (χ3v) is 18.0. The van der Waals surface area contributed by atoms with Gasteiger partial charge in [0.05, 0.1) is 60.5 Å². The van der Waals surface area contributed by atoms with Gasteiger partial charge in [0.1, 0.15) is 43.2 Å². The summed E-state index contributed by atoms with van der Waals surface area (Å²) < 4.78 is 54.1. The van der Waals surface area contributed by atoms with Gasteiger partial charge < -0.3 is 83.5 Å². The lowest BCUT2D eigenvalue weighted by Crippen LogP contribution is -2.67. The van der Waals surface area contributed by atoms with Crippen LogP contribution in [-0.2, 0) is 47.4 Å². The molecule has 18 heteroatoms. The standard InChI is InChI=1S/C47H74O18/c1-20-38(53)39(54)40(55)44(61-20)65-43-23(4)60-37(18-32(43)50)64-42-22(3)59-36(17-31(42)49)63-41-21(2)58-35(16-30(41)48)62-26-9-11-45(5)25(14-26)7-8-28-29(45)15-33(51)46(6)27(10-12-47(28,46)56)24-13-34(52)57-19-24/h13,20-23,25-33,35-44,48-51,53-56H,7-12,14-19H2,1-6H3/t20-,21-,22-,23-,25-,26+,27-,28?,29?,30+,31+,32+,33-,35+,36+,37+,38-,39+,40-,41-,42-,43-,44+,45+,46+,47+/m1/s1. The van der Waals surface area contributed by atoms with Gasteiger partial charge in [-0.1, -0.05) is 13.8 Å². The summed E-state index contributed by atoms with van der Waals surface area (Å²) >= 11 is 0. The highest BCUT2D eigenvalue weighted by atomic mass is 16.8. The number of hydrogen-bond acceptors (Lipinski definition) is 18. The molecule has 2 unspecified atom stereocenters. The monoisotopic (exact) mass is 926 g/mol. The number of esters is 1. The SMILES string of the molecule is C[C@H]1O[C@@H](O[C@H]2[C@@H](O)C[C@H](O[C@H]3[C@@H](O)C[C@H](O[C@H]4[C@@H](O)C[C@H](O[C@H]5CC[C@]6(C)C7C[C@@H](O)[C@]8(C)[C@@H](C9=CC(=O)OC9)CC[C@]8(O)C7CC[C@@H]6C5)O[C@@H]4C)O[C@@H]3C)O[C@@H]2C)[C@H](O)[C@@H](O)[C@@H]1O. The van der Waals surface area contributed by atoms with Gasteiger partial charge in [0.2, 0.25) is 0 Å². The van der Waals surface area contributed by atoms with Crippen molar-refractivity contribution in [2.75, 3.05) is 6.61 Å². The molecule has 0 aromatic rings. The van der Waals surface area contributed by atoms with Crippen molar-refractivity contribution in [2.24, 2.45) is 34.5 Å². The van der Waals surface area contributed by atoms with Gasteiger partial charge in [-0.3, -0.25) is 0 Å². The molecule has 0 bridgehead atoms. The first-order chi connectivity index (χ1) is 30.7. The molecule has 9 aliphatic rings. The minimum Gasteiger partial charge on any atom is -0.458 e. The first kappa shape index (κ1) is 48.6. The molecule has 0 aromatic carbocycles. The van der Waals surface area contributed by atoms with Crippen LogP contribution in [0.5, 0.6) is 0 Å². The van der Waals surface area contributed by atoms with Crippen molar-refractivity contribution in [3.8, 4) is 0 Å². The molecule has 4 aliphatic carbocycles. The Morgan fingerprint density at radius 3 is 1.72 bits per heavy atom. The predicted octanol–water partition coefficient (Wildman–Crippen LogP) is 1.07. The van der Waals surface area contributed by atoms with Crippen molar-refractivity contribution in [3.05, 3.63) is 11.6 Å². The fourth-order valence-corrected chi connectivity index (χ4v) is 14.2. The number of carbonyl (C=O) groups excluding carboxylic acids is 1. The normalized spacial score (nSPS) is 56.0.